The molecule has 4 aromatic rings. The van der Waals surface area contributed by atoms with Crippen molar-refractivity contribution >= 4 is 33.9 Å². The molecule has 0 saturated heterocycles. The van der Waals surface area contributed by atoms with Crippen LogP contribution < -0.4 is 10.1 Å². The van der Waals surface area contributed by atoms with Crippen LogP contribution >= 0.6 is 11.8 Å². The van der Waals surface area contributed by atoms with Crippen molar-refractivity contribution in [2.45, 2.75) is 37.9 Å². The molecule has 0 heterocycles. The van der Waals surface area contributed by atoms with Gasteiger partial charge in [-0.05, 0) is 71.9 Å². The van der Waals surface area contributed by atoms with Crippen molar-refractivity contribution < 1.29 is 4.74 Å². The number of methoxy groups -OCH3 is 1. The van der Waals surface area contributed by atoms with Crippen LogP contribution in [0.3, 0.4) is 0 Å². The second-order valence-electron chi connectivity index (χ2n) is 8.41. The largest absolute Gasteiger partial charge is 0.497 e. The normalized spacial score (nSPS) is 10.9. The van der Waals surface area contributed by atoms with Gasteiger partial charge in [0.05, 0.1) is 7.11 Å². The lowest BCUT2D eigenvalue weighted by molar-refractivity contribution is 0.414. The van der Waals surface area contributed by atoms with Crippen molar-refractivity contribution in [3.8, 4) is 5.75 Å². The Balaban J connectivity index is 1.12. The van der Waals surface area contributed by atoms with Gasteiger partial charge in [-0.25, -0.2) is 0 Å². The van der Waals surface area contributed by atoms with Crippen molar-refractivity contribution in [2.24, 2.45) is 0 Å². The number of benzene rings is 4. The quantitative estimate of drug-likeness (QED) is 0.216. The Kier molecular flexibility index (Phi) is 8.71. The molecule has 4 aromatic carbocycles. The predicted octanol–water partition coefficient (Wildman–Crippen LogP) is 8.63. The molecule has 0 saturated carbocycles. The van der Waals surface area contributed by atoms with E-state index in [-0.39, 0.29) is 0 Å². The summed E-state index contributed by atoms with van der Waals surface area (Å²) in [7, 11) is 1.71. The summed E-state index contributed by atoms with van der Waals surface area (Å²) in [6.07, 6.45) is 6.34. The SMILES string of the molecule is COc1ccc(CSCCCCCCc2ccc(Nc3cccc4ccccc34)cc2)cc1. The van der Waals surface area contributed by atoms with Crippen molar-refractivity contribution in [1.82, 2.24) is 0 Å². The predicted molar refractivity (Wildman–Crippen MR) is 145 cm³/mol. The molecule has 2 nitrogen and oxygen atoms in total. The fourth-order valence-corrected chi connectivity index (χ4v) is 5.02. The molecule has 0 spiro atoms. The highest BCUT2D eigenvalue weighted by Gasteiger charge is 2.02. The van der Waals surface area contributed by atoms with E-state index in [0.29, 0.717) is 0 Å². The smallest absolute Gasteiger partial charge is 0.118 e. The molecule has 0 unspecified atom stereocenters. The van der Waals surface area contributed by atoms with E-state index in [1.807, 2.05) is 23.9 Å². The van der Waals surface area contributed by atoms with E-state index in [1.54, 1.807) is 7.11 Å². The van der Waals surface area contributed by atoms with Crippen LogP contribution in [0.4, 0.5) is 11.4 Å². The lowest BCUT2D eigenvalue weighted by atomic mass is 10.1. The third-order valence-electron chi connectivity index (χ3n) is 5.95. The molecule has 0 aliphatic heterocycles. The molecule has 33 heavy (non-hydrogen) atoms. The maximum atomic E-state index is 5.22. The van der Waals surface area contributed by atoms with E-state index in [1.165, 1.54) is 53.3 Å². The minimum absolute atomic E-state index is 0.930. The monoisotopic (exact) mass is 455 g/mol. The van der Waals surface area contributed by atoms with E-state index >= 15 is 0 Å². The first-order valence-electron chi connectivity index (χ1n) is 11.9. The van der Waals surface area contributed by atoms with Gasteiger partial charge in [0.2, 0.25) is 0 Å². The Morgan fingerprint density at radius 2 is 1.42 bits per heavy atom. The van der Waals surface area contributed by atoms with Gasteiger partial charge in [0, 0.05) is 22.5 Å². The molecule has 0 atom stereocenters. The third kappa shape index (κ3) is 7.03. The summed E-state index contributed by atoms with van der Waals surface area (Å²) in [6.45, 7) is 0. The Bertz CT molecular complexity index is 1120. The number of ether oxygens (including phenoxy) is 1. The zero-order valence-corrected chi connectivity index (χ0v) is 20.2. The van der Waals surface area contributed by atoms with E-state index in [4.69, 9.17) is 4.74 Å². The topological polar surface area (TPSA) is 21.3 Å². The number of hydrogen-bond donors (Lipinski definition) is 1. The first kappa shape index (κ1) is 23.3. The van der Waals surface area contributed by atoms with E-state index in [0.717, 1.165) is 29.3 Å². The molecule has 0 radical (unpaired) electrons. The first-order chi connectivity index (χ1) is 16.3. The highest BCUT2D eigenvalue weighted by atomic mass is 32.2. The summed E-state index contributed by atoms with van der Waals surface area (Å²) in [5.41, 5.74) is 5.10. The van der Waals surface area contributed by atoms with Gasteiger partial charge >= 0.3 is 0 Å². The number of anilines is 2. The minimum Gasteiger partial charge on any atom is -0.497 e. The van der Waals surface area contributed by atoms with Crippen LogP contribution in [0.1, 0.15) is 36.8 Å². The number of rotatable bonds is 12. The van der Waals surface area contributed by atoms with Gasteiger partial charge in [0.25, 0.3) is 0 Å². The Hall–Kier alpha value is -2.91. The van der Waals surface area contributed by atoms with Gasteiger partial charge in [0.1, 0.15) is 5.75 Å². The van der Waals surface area contributed by atoms with Crippen molar-refractivity contribution in [3.05, 3.63) is 102 Å². The summed E-state index contributed by atoms with van der Waals surface area (Å²) >= 11 is 2.03. The average Bonchev–Trinajstić information content (AvgIpc) is 2.87. The van der Waals surface area contributed by atoms with Crippen LogP contribution in [0, 0.1) is 0 Å². The molecular formula is C30H33NOS. The second-order valence-corrected chi connectivity index (χ2v) is 9.52. The number of unbranched alkanes of at least 4 members (excludes halogenated alkanes) is 3. The highest BCUT2D eigenvalue weighted by molar-refractivity contribution is 7.98. The standard InChI is InChI=1S/C30H33NOS/c1-32-28-20-16-25(17-21-28)23-33-22-7-3-2-4-9-24-14-18-27(19-15-24)31-30-13-8-11-26-10-5-6-12-29(26)30/h5-6,8,10-21,31H,2-4,7,9,22-23H2,1H3. The number of hydrogen-bond acceptors (Lipinski definition) is 3. The van der Waals surface area contributed by atoms with Crippen LogP contribution in [-0.2, 0) is 12.2 Å². The molecule has 0 aliphatic carbocycles. The zero-order chi connectivity index (χ0) is 22.7. The van der Waals surface area contributed by atoms with E-state index in [9.17, 15) is 0 Å². The second kappa shape index (κ2) is 12.4. The van der Waals surface area contributed by atoms with Crippen LogP contribution in [-0.4, -0.2) is 12.9 Å². The van der Waals surface area contributed by atoms with Crippen LogP contribution in [0.15, 0.2) is 91.0 Å². The van der Waals surface area contributed by atoms with Crippen molar-refractivity contribution in [3.63, 3.8) is 0 Å². The fraction of sp³-hybridized carbons (Fsp3) is 0.267. The Morgan fingerprint density at radius 3 is 2.24 bits per heavy atom. The molecule has 1 N–H and O–H groups in total. The van der Waals surface area contributed by atoms with E-state index in [2.05, 4.69) is 84.2 Å². The maximum Gasteiger partial charge on any atom is 0.118 e. The number of nitrogens with one attached hydrogen (secondary N) is 1. The van der Waals surface area contributed by atoms with Gasteiger partial charge in [-0.1, -0.05) is 73.5 Å². The molecule has 170 valence electrons. The van der Waals surface area contributed by atoms with Crippen molar-refractivity contribution in [1.29, 1.82) is 0 Å². The summed E-state index contributed by atoms with van der Waals surface area (Å²) in [4.78, 5) is 0. The number of thioether (sulfide) groups is 1. The molecule has 0 amide bonds. The van der Waals surface area contributed by atoms with Gasteiger partial charge in [-0.2, -0.15) is 11.8 Å². The molecule has 0 aromatic heterocycles. The molecule has 0 bridgehead atoms. The minimum atomic E-state index is 0.930. The maximum absolute atomic E-state index is 5.22. The molecule has 0 aliphatic rings. The molecule has 4 rings (SSSR count). The van der Waals surface area contributed by atoms with Gasteiger partial charge in [-0.3, -0.25) is 0 Å². The van der Waals surface area contributed by atoms with Crippen molar-refractivity contribution in [2.75, 3.05) is 18.2 Å². The molecule has 0 fully saturated rings. The fourth-order valence-electron chi connectivity index (χ4n) is 4.04. The first-order valence-corrected chi connectivity index (χ1v) is 13.0. The van der Waals surface area contributed by atoms with E-state index < -0.39 is 0 Å². The van der Waals surface area contributed by atoms with Gasteiger partial charge in [-0.15, -0.1) is 0 Å². The van der Waals surface area contributed by atoms with Crippen LogP contribution in [0.5, 0.6) is 5.75 Å². The summed E-state index contributed by atoms with van der Waals surface area (Å²) in [5.74, 6) is 3.25. The number of aryl methyl sites for hydroxylation is 1. The average molecular weight is 456 g/mol. The Morgan fingerprint density at radius 1 is 0.697 bits per heavy atom. The molecule has 3 heteroatoms. The lowest BCUT2D eigenvalue weighted by Gasteiger charge is -2.10. The third-order valence-corrected chi connectivity index (χ3v) is 7.07. The summed E-state index contributed by atoms with van der Waals surface area (Å²) in [6, 6.07) is 32.3. The number of fused-ring (bicyclic) bond motifs is 1. The lowest BCUT2D eigenvalue weighted by Crippen LogP contribution is -1.93. The summed E-state index contributed by atoms with van der Waals surface area (Å²) < 4.78 is 5.22. The van der Waals surface area contributed by atoms with Gasteiger partial charge < -0.3 is 10.1 Å². The summed E-state index contributed by atoms with van der Waals surface area (Å²) in [5, 5.41) is 6.10. The zero-order valence-electron chi connectivity index (χ0n) is 19.4. The van der Waals surface area contributed by atoms with Gasteiger partial charge in [0.15, 0.2) is 0 Å². The van der Waals surface area contributed by atoms with Crippen LogP contribution in [0.25, 0.3) is 10.8 Å². The van der Waals surface area contributed by atoms with Crippen LogP contribution in [0.2, 0.25) is 0 Å². The highest BCUT2D eigenvalue weighted by Crippen LogP contribution is 2.26. The Labute approximate surface area is 202 Å². The molecular weight excluding hydrogens is 422 g/mol.